The smallest absolute Gasteiger partial charge is 0.288 e. The number of carbonyl (C=O) groups excluding carboxylic acids is 1. The van der Waals surface area contributed by atoms with Crippen LogP contribution in [0.4, 0.5) is 0 Å². The Labute approximate surface area is 260 Å². The van der Waals surface area contributed by atoms with E-state index in [0.29, 0.717) is 0 Å². The summed E-state index contributed by atoms with van der Waals surface area (Å²) in [6.07, 6.45) is -16.3. The highest BCUT2D eigenvalue weighted by Gasteiger charge is 2.67. The molecule has 9 N–H and O–H groups in total. The Hall–Kier alpha value is -3.49. The van der Waals surface area contributed by atoms with Gasteiger partial charge in [0.05, 0.1) is 38.4 Å². The van der Waals surface area contributed by atoms with Gasteiger partial charge in [0.2, 0.25) is 11.5 Å². The Morgan fingerprint density at radius 3 is 2.15 bits per heavy atom. The van der Waals surface area contributed by atoms with Crippen LogP contribution in [-0.2, 0) is 18.9 Å². The number of ketones is 1. The van der Waals surface area contributed by atoms with E-state index in [0.717, 1.165) is 12.1 Å². The summed E-state index contributed by atoms with van der Waals surface area (Å²) in [5.74, 6) is -6.75. The van der Waals surface area contributed by atoms with E-state index in [9.17, 15) is 50.8 Å². The predicted molar refractivity (Wildman–Crippen MR) is 147 cm³/mol. The van der Waals surface area contributed by atoms with Crippen molar-refractivity contribution in [2.24, 2.45) is 0 Å². The molecule has 0 saturated carbocycles. The van der Waals surface area contributed by atoms with Crippen molar-refractivity contribution >= 4 is 5.78 Å². The summed E-state index contributed by atoms with van der Waals surface area (Å²) >= 11 is 0. The fourth-order valence-corrected chi connectivity index (χ4v) is 6.37. The molecule has 6 rings (SSSR count). The second-order valence-corrected chi connectivity index (χ2v) is 11.5. The van der Waals surface area contributed by atoms with Gasteiger partial charge in [-0.3, -0.25) is 4.79 Å². The first kappa shape index (κ1) is 32.5. The maximum absolute atomic E-state index is 14.2. The van der Waals surface area contributed by atoms with Gasteiger partial charge in [-0.25, -0.2) is 0 Å². The van der Waals surface area contributed by atoms with Crippen molar-refractivity contribution in [3.05, 3.63) is 34.9 Å². The first-order valence-corrected chi connectivity index (χ1v) is 14.2. The molecule has 12 unspecified atom stereocenters. The molecule has 2 aromatic rings. The van der Waals surface area contributed by atoms with Crippen molar-refractivity contribution in [1.29, 1.82) is 0 Å². The van der Waals surface area contributed by atoms with Gasteiger partial charge in [0, 0.05) is 23.3 Å². The number of phenols is 3. The summed E-state index contributed by atoms with van der Waals surface area (Å²) in [6.45, 7) is 0.821. The van der Waals surface area contributed by atoms with Crippen LogP contribution < -0.4 is 14.2 Å². The molecule has 4 aliphatic rings. The van der Waals surface area contributed by atoms with Crippen LogP contribution in [0.3, 0.4) is 0 Å². The highest BCUT2D eigenvalue weighted by molar-refractivity contribution is 6.10. The lowest BCUT2D eigenvalue weighted by atomic mass is 9.89. The van der Waals surface area contributed by atoms with E-state index in [1.165, 1.54) is 27.2 Å². The van der Waals surface area contributed by atoms with Crippen LogP contribution in [0.2, 0.25) is 0 Å². The number of ether oxygens (including phenoxy) is 7. The third-order valence-electron chi connectivity index (χ3n) is 8.76. The third kappa shape index (κ3) is 4.74. The van der Waals surface area contributed by atoms with Gasteiger partial charge >= 0.3 is 0 Å². The fourth-order valence-electron chi connectivity index (χ4n) is 6.37. The zero-order valence-electron chi connectivity index (χ0n) is 24.6. The molecule has 12 atom stereocenters. The Kier molecular flexibility index (Phi) is 8.21. The lowest BCUT2D eigenvalue weighted by Crippen LogP contribution is -2.63. The molecular weight excluding hydrogens is 620 g/mol. The van der Waals surface area contributed by atoms with Gasteiger partial charge in [0.25, 0.3) is 5.79 Å². The molecule has 0 bridgehead atoms. The fraction of sp³-hybridized carbons (Fsp3) is 0.552. The largest absolute Gasteiger partial charge is 0.508 e. The summed E-state index contributed by atoms with van der Waals surface area (Å²) in [5, 5.41) is 94.6. The number of rotatable bonds is 7. The molecule has 1 aliphatic carbocycles. The van der Waals surface area contributed by atoms with E-state index >= 15 is 0 Å². The average Bonchev–Trinajstić information content (AvgIpc) is 3.46. The van der Waals surface area contributed by atoms with Gasteiger partial charge in [0.15, 0.2) is 24.1 Å². The number of benzene rings is 2. The van der Waals surface area contributed by atoms with Gasteiger partial charge in [-0.2, -0.15) is 0 Å². The van der Waals surface area contributed by atoms with Crippen molar-refractivity contribution in [1.82, 2.24) is 0 Å². The quantitative estimate of drug-likeness (QED) is 0.155. The van der Waals surface area contributed by atoms with Crippen molar-refractivity contribution in [2.45, 2.75) is 80.0 Å². The van der Waals surface area contributed by atoms with Crippen molar-refractivity contribution in [3.8, 4) is 34.5 Å². The monoisotopic (exact) mass is 654 g/mol. The second kappa shape index (κ2) is 11.6. The molecule has 0 amide bonds. The average molecular weight is 655 g/mol. The van der Waals surface area contributed by atoms with Crippen molar-refractivity contribution in [3.63, 3.8) is 0 Å². The molecule has 17 nitrogen and oxygen atoms in total. The second-order valence-electron chi connectivity index (χ2n) is 11.5. The number of aromatic hydroxyl groups is 3. The Morgan fingerprint density at radius 1 is 0.804 bits per heavy atom. The van der Waals surface area contributed by atoms with Crippen molar-refractivity contribution < 1.29 is 83.9 Å². The molecule has 3 heterocycles. The van der Waals surface area contributed by atoms with Gasteiger partial charge in [0.1, 0.15) is 60.0 Å². The number of phenolic OH excluding ortho intramolecular Hbond substituents is 3. The molecule has 0 spiro atoms. The van der Waals surface area contributed by atoms with Crippen LogP contribution in [0.1, 0.15) is 34.3 Å². The first-order chi connectivity index (χ1) is 21.7. The van der Waals surface area contributed by atoms with E-state index in [1.807, 2.05) is 0 Å². The Bertz CT molecular complexity index is 1520. The van der Waals surface area contributed by atoms with E-state index < -0.39 is 103 Å². The molecule has 2 aromatic carbocycles. The lowest BCUT2D eigenvalue weighted by Gasteiger charge is -2.44. The van der Waals surface area contributed by atoms with E-state index in [2.05, 4.69) is 0 Å². The van der Waals surface area contributed by atoms with Gasteiger partial charge in [-0.15, -0.1) is 0 Å². The number of aliphatic hydroxyl groups is 6. The Balaban J connectivity index is 1.35. The van der Waals surface area contributed by atoms with Crippen molar-refractivity contribution in [2.75, 3.05) is 20.8 Å². The molecular formula is C29H34O17. The molecule has 252 valence electrons. The van der Waals surface area contributed by atoms with E-state index in [-0.39, 0.29) is 33.9 Å². The van der Waals surface area contributed by atoms with Crippen LogP contribution in [0.15, 0.2) is 18.2 Å². The number of fused-ring (bicyclic) bond motifs is 5. The van der Waals surface area contributed by atoms with Gasteiger partial charge < -0.3 is 79.1 Å². The molecule has 2 fully saturated rings. The number of Topliss-reactive ketones (excluding diaryl/α,β-unsaturated/α-hetero) is 1. The molecule has 2 saturated heterocycles. The highest BCUT2D eigenvalue weighted by atomic mass is 16.8. The number of carbonyl (C=O) groups is 1. The third-order valence-corrected chi connectivity index (χ3v) is 8.76. The van der Waals surface area contributed by atoms with Crippen LogP contribution in [0, 0.1) is 0 Å². The predicted octanol–water partition coefficient (Wildman–Crippen LogP) is -2.09. The standard InChI is InChI=1S/C29H34O17/c1-8-18(32)21(35)23(37)27(43-8)42-7-14-19(33)22(36)24(38)28(44-14)46-29-17(16-11(31)4-9(30)5-12(16)45-29)15-10(26(29)39)6-13(40-2)20(34)25(15)41-3/h4-6,8,14,17-19,21-24,27-28,30-38H,7H2,1-3H3. The lowest BCUT2D eigenvalue weighted by molar-refractivity contribution is -0.352. The van der Waals surface area contributed by atoms with Crippen LogP contribution in [0.25, 0.3) is 0 Å². The first-order valence-electron chi connectivity index (χ1n) is 14.2. The maximum Gasteiger partial charge on any atom is 0.288 e. The molecule has 3 aliphatic heterocycles. The van der Waals surface area contributed by atoms with Crippen LogP contribution in [0.5, 0.6) is 34.5 Å². The minimum atomic E-state index is -2.49. The molecule has 0 aromatic heterocycles. The zero-order valence-corrected chi connectivity index (χ0v) is 24.6. The molecule has 0 radical (unpaired) electrons. The normalized spacial score (nSPS) is 38.1. The van der Waals surface area contributed by atoms with Crippen LogP contribution in [-0.4, -0.2) is 140 Å². The molecule has 17 heteroatoms. The zero-order chi connectivity index (χ0) is 33.4. The summed E-state index contributed by atoms with van der Waals surface area (Å²) in [4.78, 5) is 14.2. The molecule has 46 heavy (non-hydrogen) atoms. The van der Waals surface area contributed by atoms with E-state index in [4.69, 9.17) is 33.2 Å². The number of methoxy groups -OCH3 is 2. The SMILES string of the molecule is COc1cc2c(c(OC)c1O)C1c3c(O)cc(O)cc3OC1(OC1OC(COC3OC(C)C(O)C(O)C3O)C(O)C(O)C1O)C2=O. The highest BCUT2D eigenvalue weighted by Crippen LogP contribution is 2.63. The maximum atomic E-state index is 14.2. The van der Waals surface area contributed by atoms with Gasteiger partial charge in [-0.1, -0.05) is 0 Å². The van der Waals surface area contributed by atoms with Gasteiger partial charge in [-0.05, 0) is 13.0 Å². The summed E-state index contributed by atoms with van der Waals surface area (Å²) < 4.78 is 39.4. The minimum Gasteiger partial charge on any atom is -0.508 e. The topological polar surface area (TPSA) is 264 Å². The van der Waals surface area contributed by atoms with Crippen LogP contribution >= 0.6 is 0 Å². The number of hydrogen-bond acceptors (Lipinski definition) is 17. The van der Waals surface area contributed by atoms with E-state index in [1.54, 1.807) is 0 Å². The Morgan fingerprint density at radius 2 is 1.48 bits per heavy atom. The summed E-state index contributed by atoms with van der Waals surface area (Å²) in [6, 6.07) is 3.31. The minimum absolute atomic E-state index is 0.00889. The number of hydrogen-bond donors (Lipinski definition) is 9. The number of aliphatic hydroxyl groups excluding tert-OH is 6. The summed E-state index contributed by atoms with van der Waals surface area (Å²) in [7, 11) is 2.47. The summed E-state index contributed by atoms with van der Waals surface area (Å²) in [5.41, 5.74) is -0.148.